The Labute approximate surface area is 121 Å². The van der Waals surface area contributed by atoms with E-state index in [9.17, 15) is 0 Å². The number of rotatable bonds is 4. The lowest BCUT2D eigenvalue weighted by molar-refractivity contribution is 0.138. The van der Waals surface area contributed by atoms with Gasteiger partial charge in [0.05, 0.1) is 0 Å². The molecule has 0 aromatic carbocycles. The van der Waals surface area contributed by atoms with E-state index < -0.39 is 0 Å². The highest BCUT2D eigenvalue weighted by molar-refractivity contribution is 5.32. The topological polar surface area (TPSA) is 44.3 Å². The Morgan fingerprint density at radius 1 is 1.25 bits per heavy atom. The fourth-order valence-electron chi connectivity index (χ4n) is 2.56. The van der Waals surface area contributed by atoms with Crippen LogP contribution in [0.1, 0.15) is 32.3 Å². The highest BCUT2D eigenvalue weighted by atomic mass is 15.3. The predicted octanol–water partition coefficient (Wildman–Crippen LogP) is 1.26. The summed E-state index contributed by atoms with van der Waals surface area (Å²) in [6.07, 6.45) is 6.55. The van der Waals surface area contributed by atoms with Crippen LogP contribution in [0.25, 0.3) is 0 Å². The van der Waals surface area contributed by atoms with Crippen LogP contribution in [0, 0.1) is 0 Å². The molecule has 20 heavy (non-hydrogen) atoms. The summed E-state index contributed by atoms with van der Waals surface area (Å²) < 4.78 is 0. The molecule has 1 aromatic rings. The Kier molecular flexibility index (Phi) is 3.65. The molecule has 0 spiro atoms. The summed E-state index contributed by atoms with van der Waals surface area (Å²) in [5.41, 5.74) is 1.35. The monoisotopic (exact) mass is 275 g/mol. The molecule has 110 valence electrons. The zero-order valence-electron chi connectivity index (χ0n) is 12.8. The number of hydrogen-bond donors (Lipinski definition) is 1. The van der Waals surface area contributed by atoms with Crippen molar-refractivity contribution in [3.05, 3.63) is 18.0 Å². The van der Waals surface area contributed by atoms with Crippen molar-refractivity contribution in [1.82, 2.24) is 20.2 Å². The second-order valence-corrected chi connectivity index (χ2v) is 6.70. The maximum atomic E-state index is 4.55. The average molecular weight is 275 g/mol. The van der Waals surface area contributed by atoms with Gasteiger partial charge in [-0.25, -0.2) is 9.97 Å². The Hall–Kier alpha value is -1.20. The van der Waals surface area contributed by atoms with Gasteiger partial charge in [-0.1, -0.05) is 0 Å². The third kappa shape index (κ3) is 3.10. The molecular weight excluding hydrogens is 250 g/mol. The third-order valence-corrected chi connectivity index (χ3v) is 4.46. The lowest BCUT2D eigenvalue weighted by atomic mass is 10.0. The molecule has 2 aliphatic rings. The first kappa shape index (κ1) is 13.8. The van der Waals surface area contributed by atoms with Crippen molar-refractivity contribution in [3.8, 4) is 0 Å². The predicted molar refractivity (Wildman–Crippen MR) is 80.8 cm³/mol. The molecule has 1 saturated carbocycles. The fourth-order valence-corrected chi connectivity index (χ4v) is 2.56. The summed E-state index contributed by atoms with van der Waals surface area (Å²) >= 11 is 0. The van der Waals surface area contributed by atoms with E-state index >= 15 is 0 Å². The summed E-state index contributed by atoms with van der Waals surface area (Å²) in [6, 6.07) is 0.730. The molecule has 0 atom stereocenters. The van der Waals surface area contributed by atoms with E-state index in [1.54, 1.807) is 0 Å². The number of nitrogens with zero attached hydrogens (tertiary/aromatic N) is 4. The van der Waals surface area contributed by atoms with Crippen LogP contribution in [0.2, 0.25) is 0 Å². The lowest BCUT2D eigenvalue weighted by Gasteiger charge is -2.45. The zero-order valence-corrected chi connectivity index (χ0v) is 12.8. The third-order valence-electron chi connectivity index (χ3n) is 4.46. The quantitative estimate of drug-likeness (QED) is 0.896. The molecule has 0 radical (unpaired) electrons. The van der Waals surface area contributed by atoms with Gasteiger partial charge >= 0.3 is 0 Å². The number of likely N-dealkylation sites (N-methyl/N-ethyl adjacent to an activating group) is 1. The number of aromatic nitrogens is 2. The molecule has 1 aliphatic heterocycles. The van der Waals surface area contributed by atoms with Crippen LogP contribution >= 0.6 is 0 Å². The van der Waals surface area contributed by atoms with Crippen LogP contribution in [0.3, 0.4) is 0 Å². The van der Waals surface area contributed by atoms with Gasteiger partial charge in [-0.2, -0.15) is 0 Å². The molecule has 0 unspecified atom stereocenters. The Bertz CT molecular complexity index is 452. The van der Waals surface area contributed by atoms with E-state index in [2.05, 4.69) is 46.0 Å². The Morgan fingerprint density at radius 3 is 2.55 bits per heavy atom. The standard InChI is InChI=1S/C15H25N5/c1-15(2)11-20(7-6-19(15)3)14-17-9-12(10-18-14)8-16-13-4-5-13/h9-10,13,16H,4-8,11H2,1-3H3. The molecule has 0 amide bonds. The average Bonchev–Trinajstić information content (AvgIpc) is 3.24. The molecule has 2 heterocycles. The van der Waals surface area contributed by atoms with Crippen LogP contribution in [0.4, 0.5) is 5.95 Å². The van der Waals surface area contributed by atoms with Gasteiger partial charge in [0.1, 0.15) is 0 Å². The van der Waals surface area contributed by atoms with E-state index in [1.165, 1.54) is 18.4 Å². The van der Waals surface area contributed by atoms with Gasteiger partial charge in [0.25, 0.3) is 0 Å². The van der Waals surface area contributed by atoms with Crippen molar-refractivity contribution < 1.29 is 0 Å². The minimum atomic E-state index is 0.174. The summed E-state index contributed by atoms with van der Waals surface area (Å²) in [4.78, 5) is 13.8. The van der Waals surface area contributed by atoms with Crippen LogP contribution in [0.15, 0.2) is 12.4 Å². The highest BCUT2D eigenvalue weighted by Gasteiger charge is 2.32. The van der Waals surface area contributed by atoms with Crippen molar-refractivity contribution in [2.75, 3.05) is 31.6 Å². The van der Waals surface area contributed by atoms with E-state index in [4.69, 9.17) is 0 Å². The van der Waals surface area contributed by atoms with Crippen molar-refractivity contribution >= 4 is 5.95 Å². The van der Waals surface area contributed by atoms with Crippen molar-refractivity contribution in [1.29, 1.82) is 0 Å². The van der Waals surface area contributed by atoms with Gasteiger partial charge in [-0.3, -0.25) is 4.90 Å². The highest BCUT2D eigenvalue weighted by Crippen LogP contribution is 2.22. The molecule has 3 rings (SSSR count). The van der Waals surface area contributed by atoms with Crippen LogP contribution < -0.4 is 10.2 Å². The fraction of sp³-hybridized carbons (Fsp3) is 0.733. The minimum Gasteiger partial charge on any atom is -0.338 e. The van der Waals surface area contributed by atoms with Crippen molar-refractivity contribution in [3.63, 3.8) is 0 Å². The first-order valence-electron chi connectivity index (χ1n) is 7.55. The molecule has 1 aromatic heterocycles. The van der Waals surface area contributed by atoms with Gasteiger partial charge in [0.15, 0.2) is 0 Å². The zero-order chi connectivity index (χ0) is 14.2. The number of piperazine rings is 1. The van der Waals surface area contributed by atoms with E-state index in [-0.39, 0.29) is 5.54 Å². The van der Waals surface area contributed by atoms with Crippen molar-refractivity contribution in [2.45, 2.75) is 44.8 Å². The number of anilines is 1. The number of hydrogen-bond acceptors (Lipinski definition) is 5. The molecule has 1 N–H and O–H groups in total. The Balaban J connectivity index is 1.61. The summed E-state index contributed by atoms with van der Waals surface area (Å²) in [5, 5.41) is 3.49. The van der Waals surface area contributed by atoms with Gasteiger partial charge in [-0.15, -0.1) is 0 Å². The van der Waals surface area contributed by atoms with Crippen LogP contribution in [-0.4, -0.2) is 53.1 Å². The molecule has 2 fully saturated rings. The molecule has 5 heteroatoms. The molecule has 0 bridgehead atoms. The molecule has 1 aliphatic carbocycles. The second kappa shape index (κ2) is 5.30. The second-order valence-electron chi connectivity index (χ2n) is 6.70. The molecular formula is C15H25N5. The Morgan fingerprint density at radius 2 is 1.95 bits per heavy atom. The van der Waals surface area contributed by atoms with Gasteiger partial charge < -0.3 is 10.2 Å². The first-order valence-corrected chi connectivity index (χ1v) is 7.55. The van der Waals surface area contributed by atoms with Gasteiger partial charge in [0, 0.05) is 55.7 Å². The normalized spacial score (nSPS) is 23.1. The maximum Gasteiger partial charge on any atom is 0.225 e. The van der Waals surface area contributed by atoms with E-state index in [0.717, 1.165) is 38.2 Å². The van der Waals surface area contributed by atoms with Crippen LogP contribution in [0.5, 0.6) is 0 Å². The summed E-state index contributed by atoms with van der Waals surface area (Å²) in [5.74, 6) is 0.862. The van der Waals surface area contributed by atoms with Crippen LogP contribution in [-0.2, 0) is 6.54 Å². The van der Waals surface area contributed by atoms with E-state index in [1.807, 2.05) is 12.4 Å². The van der Waals surface area contributed by atoms with Gasteiger partial charge in [0.2, 0.25) is 5.95 Å². The van der Waals surface area contributed by atoms with Gasteiger partial charge in [-0.05, 0) is 33.7 Å². The number of nitrogens with one attached hydrogen (secondary N) is 1. The SMILES string of the molecule is CN1CCN(c2ncc(CNC3CC3)cn2)CC1(C)C. The summed E-state index contributed by atoms with van der Waals surface area (Å²) in [6.45, 7) is 8.46. The van der Waals surface area contributed by atoms with Crippen molar-refractivity contribution in [2.24, 2.45) is 0 Å². The molecule has 1 saturated heterocycles. The smallest absolute Gasteiger partial charge is 0.225 e. The lowest BCUT2D eigenvalue weighted by Crippen LogP contribution is -2.58. The first-order chi connectivity index (χ1) is 9.54. The van der Waals surface area contributed by atoms with E-state index in [0.29, 0.717) is 0 Å². The summed E-state index contributed by atoms with van der Waals surface area (Å²) in [7, 11) is 2.19. The minimum absolute atomic E-state index is 0.174. The largest absolute Gasteiger partial charge is 0.338 e. The maximum absolute atomic E-state index is 4.55. The molecule has 5 nitrogen and oxygen atoms in total.